The molecule has 25 heavy (non-hydrogen) atoms. The fourth-order valence-corrected chi connectivity index (χ4v) is 2.85. The zero-order chi connectivity index (χ0) is 18.0. The molecule has 0 radical (unpaired) electrons. The SMILES string of the molecule is CCN(CC)Cc1c(O)ccc2c1OC(=Cc1ccccc1F)C2=O. The summed E-state index contributed by atoms with van der Waals surface area (Å²) in [5, 5.41) is 10.2. The molecule has 0 fully saturated rings. The number of phenols is 1. The molecule has 5 heteroatoms. The monoisotopic (exact) mass is 341 g/mol. The van der Waals surface area contributed by atoms with Gasteiger partial charge in [0.05, 0.1) is 11.1 Å². The quantitative estimate of drug-likeness (QED) is 0.836. The molecule has 1 aliphatic rings. The van der Waals surface area contributed by atoms with Crippen LogP contribution in [-0.2, 0) is 6.54 Å². The minimum atomic E-state index is -0.423. The Balaban J connectivity index is 2.00. The molecule has 0 bridgehead atoms. The van der Waals surface area contributed by atoms with E-state index in [2.05, 4.69) is 4.90 Å². The number of rotatable bonds is 5. The maximum Gasteiger partial charge on any atom is 0.231 e. The molecule has 0 aliphatic carbocycles. The second-order valence-electron chi connectivity index (χ2n) is 5.86. The molecule has 4 nitrogen and oxygen atoms in total. The predicted molar refractivity (Wildman–Crippen MR) is 94.1 cm³/mol. The lowest BCUT2D eigenvalue weighted by atomic mass is 10.0. The molecule has 0 aromatic heterocycles. The van der Waals surface area contributed by atoms with Crippen LogP contribution < -0.4 is 4.74 Å². The van der Waals surface area contributed by atoms with E-state index in [1.54, 1.807) is 24.3 Å². The molecule has 3 rings (SSSR count). The minimum Gasteiger partial charge on any atom is -0.507 e. The van der Waals surface area contributed by atoms with Crippen molar-refractivity contribution in [3.05, 3.63) is 64.7 Å². The zero-order valence-corrected chi connectivity index (χ0v) is 14.3. The maximum atomic E-state index is 13.8. The number of carbonyl (C=O) groups is 1. The Morgan fingerprint density at radius 2 is 1.88 bits per heavy atom. The van der Waals surface area contributed by atoms with Crippen molar-refractivity contribution >= 4 is 11.9 Å². The lowest BCUT2D eigenvalue weighted by Crippen LogP contribution is -2.22. The summed E-state index contributed by atoms with van der Waals surface area (Å²) >= 11 is 0. The van der Waals surface area contributed by atoms with E-state index in [0.29, 0.717) is 23.4 Å². The first-order chi connectivity index (χ1) is 12.0. The van der Waals surface area contributed by atoms with Crippen LogP contribution in [0, 0.1) is 5.82 Å². The minimum absolute atomic E-state index is 0.0616. The molecule has 0 saturated heterocycles. The number of halogens is 1. The van der Waals surface area contributed by atoms with Gasteiger partial charge in [0.25, 0.3) is 0 Å². The number of nitrogens with zero attached hydrogens (tertiary/aromatic N) is 1. The summed E-state index contributed by atoms with van der Waals surface area (Å²) in [5.41, 5.74) is 1.25. The van der Waals surface area contributed by atoms with E-state index in [1.807, 2.05) is 13.8 Å². The van der Waals surface area contributed by atoms with Gasteiger partial charge in [0, 0.05) is 12.1 Å². The van der Waals surface area contributed by atoms with Crippen molar-refractivity contribution in [3.63, 3.8) is 0 Å². The fourth-order valence-electron chi connectivity index (χ4n) is 2.85. The van der Waals surface area contributed by atoms with Crippen LogP contribution in [0.25, 0.3) is 6.08 Å². The first-order valence-electron chi connectivity index (χ1n) is 8.31. The Labute approximate surface area is 146 Å². The van der Waals surface area contributed by atoms with Gasteiger partial charge in [-0.15, -0.1) is 0 Å². The number of ether oxygens (including phenoxy) is 1. The number of hydrogen-bond donors (Lipinski definition) is 1. The molecule has 1 aliphatic heterocycles. The second kappa shape index (κ2) is 7.07. The van der Waals surface area contributed by atoms with Gasteiger partial charge in [0.15, 0.2) is 5.76 Å². The largest absolute Gasteiger partial charge is 0.507 e. The number of phenolic OH excluding ortho intramolecular Hbond substituents is 1. The van der Waals surface area contributed by atoms with Gasteiger partial charge in [-0.3, -0.25) is 9.69 Å². The lowest BCUT2D eigenvalue weighted by molar-refractivity contribution is 0.101. The summed E-state index contributed by atoms with van der Waals surface area (Å²) < 4.78 is 19.6. The second-order valence-corrected chi connectivity index (χ2v) is 5.86. The highest BCUT2D eigenvalue weighted by atomic mass is 19.1. The third kappa shape index (κ3) is 3.28. The van der Waals surface area contributed by atoms with Crippen LogP contribution in [0.2, 0.25) is 0 Å². The van der Waals surface area contributed by atoms with E-state index >= 15 is 0 Å². The number of aromatic hydroxyl groups is 1. The summed E-state index contributed by atoms with van der Waals surface area (Å²) in [5.74, 6) is -0.218. The Hall–Kier alpha value is -2.66. The number of allylic oxidation sites excluding steroid dienone is 1. The average Bonchev–Trinajstić information content (AvgIpc) is 2.92. The number of carbonyl (C=O) groups excluding carboxylic acids is 1. The topological polar surface area (TPSA) is 49.8 Å². The van der Waals surface area contributed by atoms with Crippen LogP contribution in [0.1, 0.15) is 35.3 Å². The predicted octanol–water partition coefficient (Wildman–Crippen LogP) is 3.99. The Morgan fingerprint density at radius 1 is 1.16 bits per heavy atom. The molecular weight excluding hydrogens is 321 g/mol. The van der Waals surface area contributed by atoms with E-state index in [1.165, 1.54) is 18.2 Å². The van der Waals surface area contributed by atoms with Crippen LogP contribution in [-0.4, -0.2) is 28.9 Å². The van der Waals surface area contributed by atoms with Crippen molar-refractivity contribution < 1.29 is 19.0 Å². The van der Waals surface area contributed by atoms with Gasteiger partial charge in [0.1, 0.15) is 17.3 Å². The summed E-state index contributed by atoms with van der Waals surface area (Å²) in [6, 6.07) is 9.24. The number of benzene rings is 2. The van der Waals surface area contributed by atoms with Crippen molar-refractivity contribution in [2.24, 2.45) is 0 Å². The lowest BCUT2D eigenvalue weighted by Gasteiger charge is -2.20. The van der Waals surface area contributed by atoms with Crippen LogP contribution in [0.3, 0.4) is 0 Å². The van der Waals surface area contributed by atoms with E-state index in [4.69, 9.17) is 4.74 Å². The van der Waals surface area contributed by atoms with Crippen LogP contribution in [0.15, 0.2) is 42.2 Å². The number of fused-ring (bicyclic) bond motifs is 1. The Kier molecular flexibility index (Phi) is 4.86. The maximum absolute atomic E-state index is 13.8. The number of ketones is 1. The summed E-state index contributed by atoms with van der Waals surface area (Å²) in [6.07, 6.45) is 1.40. The number of Topliss-reactive ketones (excluding diaryl/α,β-unsaturated/α-hetero) is 1. The van der Waals surface area contributed by atoms with Crippen LogP contribution >= 0.6 is 0 Å². The third-order valence-electron chi connectivity index (χ3n) is 4.38. The van der Waals surface area contributed by atoms with Gasteiger partial charge in [-0.05, 0) is 37.4 Å². The van der Waals surface area contributed by atoms with Crippen molar-refractivity contribution in [3.8, 4) is 11.5 Å². The van der Waals surface area contributed by atoms with E-state index in [-0.39, 0.29) is 22.9 Å². The zero-order valence-electron chi connectivity index (χ0n) is 14.3. The smallest absolute Gasteiger partial charge is 0.231 e. The molecule has 0 unspecified atom stereocenters. The van der Waals surface area contributed by atoms with Crippen LogP contribution in [0.5, 0.6) is 11.5 Å². The highest BCUT2D eigenvalue weighted by Crippen LogP contribution is 2.40. The van der Waals surface area contributed by atoms with Crippen molar-refractivity contribution in [1.29, 1.82) is 0 Å². The molecule has 0 atom stereocenters. The molecule has 2 aromatic rings. The van der Waals surface area contributed by atoms with Crippen LogP contribution in [0.4, 0.5) is 4.39 Å². The summed E-state index contributed by atoms with van der Waals surface area (Å²) in [4.78, 5) is 14.7. The summed E-state index contributed by atoms with van der Waals surface area (Å²) in [6.45, 7) is 6.15. The van der Waals surface area contributed by atoms with Crippen molar-refractivity contribution in [2.45, 2.75) is 20.4 Å². The molecule has 0 amide bonds. The molecule has 1 heterocycles. The standard InChI is InChI=1S/C20H20FNO3/c1-3-22(4-2)12-15-17(23)10-9-14-19(24)18(25-20(14)15)11-13-7-5-6-8-16(13)21/h5-11,23H,3-4,12H2,1-2H3. The van der Waals surface area contributed by atoms with Gasteiger partial charge in [-0.1, -0.05) is 32.0 Å². The molecule has 2 aromatic carbocycles. The van der Waals surface area contributed by atoms with Gasteiger partial charge < -0.3 is 9.84 Å². The molecule has 130 valence electrons. The highest BCUT2D eigenvalue weighted by Gasteiger charge is 2.31. The first-order valence-corrected chi connectivity index (χ1v) is 8.31. The first kappa shape index (κ1) is 17.2. The van der Waals surface area contributed by atoms with E-state index in [0.717, 1.165) is 13.1 Å². The van der Waals surface area contributed by atoms with Gasteiger partial charge in [-0.2, -0.15) is 0 Å². The van der Waals surface area contributed by atoms with Gasteiger partial charge in [-0.25, -0.2) is 4.39 Å². The van der Waals surface area contributed by atoms with Crippen molar-refractivity contribution in [2.75, 3.05) is 13.1 Å². The average molecular weight is 341 g/mol. The molecule has 0 saturated carbocycles. The van der Waals surface area contributed by atoms with Gasteiger partial charge >= 0.3 is 0 Å². The third-order valence-corrected chi connectivity index (χ3v) is 4.38. The highest BCUT2D eigenvalue weighted by molar-refractivity contribution is 6.15. The molecular formula is C20H20FNO3. The summed E-state index contributed by atoms with van der Waals surface area (Å²) in [7, 11) is 0. The van der Waals surface area contributed by atoms with E-state index in [9.17, 15) is 14.3 Å². The van der Waals surface area contributed by atoms with Gasteiger partial charge in [0.2, 0.25) is 5.78 Å². The van der Waals surface area contributed by atoms with Crippen molar-refractivity contribution in [1.82, 2.24) is 4.90 Å². The Morgan fingerprint density at radius 3 is 2.56 bits per heavy atom. The molecule has 0 spiro atoms. The number of hydrogen-bond acceptors (Lipinski definition) is 4. The fraction of sp³-hybridized carbons (Fsp3) is 0.250. The van der Waals surface area contributed by atoms with E-state index < -0.39 is 5.82 Å². The molecule has 1 N–H and O–H groups in total. The Bertz CT molecular complexity index is 841. The normalized spacial score (nSPS) is 14.9.